The number of aromatic hydroxyl groups is 1. The van der Waals surface area contributed by atoms with Crippen molar-refractivity contribution < 1.29 is 19.4 Å². The number of benzene rings is 2. The van der Waals surface area contributed by atoms with Gasteiger partial charge >= 0.3 is 0 Å². The number of rotatable bonds is 5. The van der Waals surface area contributed by atoms with Gasteiger partial charge in [-0.2, -0.15) is 0 Å². The topological polar surface area (TPSA) is 80.7 Å². The van der Waals surface area contributed by atoms with Crippen molar-refractivity contribution in [3.63, 3.8) is 0 Å². The summed E-state index contributed by atoms with van der Waals surface area (Å²) in [6.45, 7) is 0. The molecule has 0 radical (unpaired) electrons. The minimum Gasteiger partial charge on any atom is -0.504 e. The van der Waals surface area contributed by atoms with Crippen LogP contribution >= 0.6 is 24.0 Å². The van der Waals surface area contributed by atoms with Crippen LogP contribution in [0.2, 0.25) is 5.02 Å². The number of halogens is 2. The standard InChI is InChI=1S/C22H21ClN2O4.ClH/c1-28-18-9-8-13(11-19(18)29-14-5-2-3-6-14)22(27)25-17-12-16(23)21(26)20-15(17)7-4-10-24-20;/h4,7-12,14,26H,2-3,5-6H2,1H3,(H,25,27);1H. The molecule has 1 aliphatic rings. The summed E-state index contributed by atoms with van der Waals surface area (Å²) in [6, 6.07) is 10.1. The van der Waals surface area contributed by atoms with E-state index in [1.165, 1.54) is 6.07 Å². The predicted molar refractivity (Wildman–Crippen MR) is 119 cm³/mol. The van der Waals surface area contributed by atoms with Gasteiger partial charge in [-0.1, -0.05) is 11.6 Å². The highest BCUT2D eigenvalue weighted by Gasteiger charge is 2.20. The van der Waals surface area contributed by atoms with Gasteiger partial charge in [-0.05, 0) is 62.1 Å². The van der Waals surface area contributed by atoms with Crippen molar-refractivity contribution in [2.24, 2.45) is 0 Å². The number of fused-ring (bicyclic) bond motifs is 1. The number of amides is 1. The minimum absolute atomic E-state index is 0. The molecule has 0 aliphatic heterocycles. The molecule has 0 unspecified atom stereocenters. The molecule has 1 aromatic heterocycles. The highest BCUT2D eigenvalue weighted by atomic mass is 35.5. The third kappa shape index (κ3) is 4.40. The van der Waals surface area contributed by atoms with E-state index in [0.29, 0.717) is 33.7 Å². The second-order valence-corrected chi connectivity index (χ2v) is 7.41. The zero-order valence-corrected chi connectivity index (χ0v) is 17.9. The second-order valence-electron chi connectivity index (χ2n) is 7.00. The van der Waals surface area contributed by atoms with Gasteiger partial charge in [-0.25, -0.2) is 0 Å². The normalized spacial score (nSPS) is 13.7. The minimum atomic E-state index is -0.323. The SMILES string of the molecule is COc1ccc(C(=O)Nc2cc(Cl)c(O)c3ncccc23)cc1OC1CCCC1.Cl. The van der Waals surface area contributed by atoms with E-state index >= 15 is 0 Å². The number of carbonyl (C=O) groups is 1. The van der Waals surface area contributed by atoms with Crippen LogP contribution in [0.25, 0.3) is 10.9 Å². The summed E-state index contributed by atoms with van der Waals surface area (Å²) in [5.41, 5.74) is 1.23. The second kappa shape index (κ2) is 9.41. The number of phenolic OH excluding ortho intramolecular Hbond substituents is 1. The molecule has 0 saturated heterocycles. The third-order valence-electron chi connectivity index (χ3n) is 5.09. The van der Waals surface area contributed by atoms with Gasteiger partial charge in [0.1, 0.15) is 5.52 Å². The number of ether oxygens (including phenoxy) is 2. The predicted octanol–water partition coefficient (Wildman–Crippen LogP) is 5.60. The van der Waals surface area contributed by atoms with Crippen molar-refractivity contribution in [2.75, 3.05) is 12.4 Å². The molecule has 30 heavy (non-hydrogen) atoms. The Morgan fingerprint density at radius 2 is 1.97 bits per heavy atom. The zero-order chi connectivity index (χ0) is 20.4. The van der Waals surface area contributed by atoms with Crippen LogP contribution in [0.5, 0.6) is 17.2 Å². The molecule has 4 rings (SSSR count). The first-order valence-corrected chi connectivity index (χ1v) is 9.87. The first kappa shape index (κ1) is 22.0. The number of pyridine rings is 1. The van der Waals surface area contributed by atoms with Gasteiger partial charge in [0, 0.05) is 17.1 Å². The number of hydrogen-bond acceptors (Lipinski definition) is 5. The average molecular weight is 449 g/mol. The van der Waals surface area contributed by atoms with Gasteiger partial charge < -0.3 is 19.9 Å². The van der Waals surface area contributed by atoms with Gasteiger partial charge in [0.2, 0.25) is 0 Å². The van der Waals surface area contributed by atoms with Crippen LogP contribution in [0.1, 0.15) is 36.0 Å². The quantitative estimate of drug-likeness (QED) is 0.496. The smallest absolute Gasteiger partial charge is 0.255 e. The highest BCUT2D eigenvalue weighted by molar-refractivity contribution is 6.34. The van der Waals surface area contributed by atoms with E-state index in [2.05, 4.69) is 10.3 Å². The summed E-state index contributed by atoms with van der Waals surface area (Å²) >= 11 is 6.10. The largest absolute Gasteiger partial charge is 0.504 e. The molecule has 1 amide bonds. The Kier molecular flexibility index (Phi) is 6.90. The summed E-state index contributed by atoms with van der Waals surface area (Å²) in [7, 11) is 1.58. The van der Waals surface area contributed by atoms with Crippen LogP contribution in [0.4, 0.5) is 5.69 Å². The zero-order valence-electron chi connectivity index (χ0n) is 16.4. The molecular weight excluding hydrogens is 427 g/mol. The lowest BCUT2D eigenvalue weighted by Gasteiger charge is -2.17. The Balaban J connectivity index is 0.00000256. The fourth-order valence-electron chi connectivity index (χ4n) is 3.59. The lowest BCUT2D eigenvalue weighted by atomic mass is 10.1. The summed E-state index contributed by atoms with van der Waals surface area (Å²) in [5.74, 6) is 0.714. The van der Waals surface area contributed by atoms with Gasteiger partial charge in [-0.15, -0.1) is 12.4 Å². The molecule has 1 saturated carbocycles. The fourth-order valence-corrected chi connectivity index (χ4v) is 3.79. The molecule has 1 aliphatic carbocycles. The molecule has 0 spiro atoms. The fraction of sp³-hybridized carbons (Fsp3) is 0.273. The Bertz CT molecular complexity index is 1070. The number of anilines is 1. The maximum Gasteiger partial charge on any atom is 0.255 e. The lowest BCUT2D eigenvalue weighted by molar-refractivity contribution is 0.102. The molecule has 1 heterocycles. The van der Waals surface area contributed by atoms with Crippen LogP contribution in [-0.4, -0.2) is 29.2 Å². The summed E-state index contributed by atoms with van der Waals surface area (Å²) < 4.78 is 11.5. The van der Waals surface area contributed by atoms with E-state index in [4.69, 9.17) is 21.1 Å². The molecule has 3 aromatic rings. The number of nitrogens with zero attached hydrogens (tertiary/aromatic N) is 1. The van der Waals surface area contributed by atoms with Gasteiger partial charge in [0.05, 0.1) is 23.9 Å². The van der Waals surface area contributed by atoms with Gasteiger partial charge in [0.25, 0.3) is 5.91 Å². The van der Waals surface area contributed by atoms with Crippen molar-refractivity contribution >= 4 is 46.5 Å². The van der Waals surface area contributed by atoms with E-state index in [1.54, 1.807) is 43.6 Å². The van der Waals surface area contributed by atoms with Crippen LogP contribution in [0, 0.1) is 0 Å². The molecule has 0 atom stereocenters. The van der Waals surface area contributed by atoms with Crippen LogP contribution in [0.15, 0.2) is 42.6 Å². The first-order chi connectivity index (χ1) is 14.1. The molecule has 2 N–H and O–H groups in total. The Morgan fingerprint density at radius 3 is 2.70 bits per heavy atom. The van der Waals surface area contributed by atoms with Crippen molar-refractivity contribution in [1.29, 1.82) is 0 Å². The number of methoxy groups -OCH3 is 1. The number of aromatic nitrogens is 1. The Hall–Kier alpha value is -2.70. The summed E-state index contributed by atoms with van der Waals surface area (Å²) in [5, 5.41) is 13.7. The molecule has 0 bridgehead atoms. The van der Waals surface area contributed by atoms with Crippen molar-refractivity contribution in [2.45, 2.75) is 31.8 Å². The molecule has 158 valence electrons. The van der Waals surface area contributed by atoms with Crippen molar-refractivity contribution in [3.05, 3.63) is 53.2 Å². The van der Waals surface area contributed by atoms with Crippen molar-refractivity contribution in [3.8, 4) is 17.2 Å². The maximum absolute atomic E-state index is 12.9. The molecule has 8 heteroatoms. The monoisotopic (exact) mass is 448 g/mol. The van der Waals surface area contributed by atoms with Crippen LogP contribution in [-0.2, 0) is 0 Å². The Labute approximate surface area is 185 Å². The van der Waals surface area contributed by atoms with Crippen LogP contribution in [0.3, 0.4) is 0 Å². The molecule has 1 fully saturated rings. The van der Waals surface area contributed by atoms with Crippen molar-refractivity contribution in [1.82, 2.24) is 4.98 Å². The highest BCUT2D eigenvalue weighted by Crippen LogP contribution is 2.37. The Morgan fingerprint density at radius 1 is 1.20 bits per heavy atom. The molecule has 2 aromatic carbocycles. The van der Waals surface area contributed by atoms with E-state index < -0.39 is 0 Å². The molecular formula is C22H22Cl2N2O4. The van der Waals surface area contributed by atoms with E-state index in [1.807, 2.05) is 0 Å². The van der Waals surface area contributed by atoms with E-state index in [0.717, 1.165) is 25.7 Å². The van der Waals surface area contributed by atoms with E-state index in [-0.39, 0.29) is 35.2 Å². The van der Waals surface area contributed by atoms with E-state index in [9.17, 15) is 9.90 Å². The first-order valence-electron chi connectivity index (χ1n) is 9.49. The maximum atomic E-state index is 12.9. The average Bonchev–Trinajstić information content (AvgIpc) is 3.25. The number of carbonyl (C=O) groups excluding carboxylic acids is 1. The lowest BCUT2D eigenvalue weighted by Crippen LogP contribution is -2.15. The number of hydrogen-bond donors (Lipinski definition) is 2. The molecule has 6 nitrogen and oxygen atoms in total. The van der Waals surface area contributed by atoms with Gasteiger partial charge in [-0.3, -0.25) is 9.78 Å². The van der Waals surface area contributed by atoms with Crippen LogP contribution < -0.4 is 14.8 Å². The van der Waals surface area contributed by atoms with Gasteiger partial charge in [0.15, 0.2) is 17.2 Å². The summed E-state index contributed by atoms with van der Waals surface area (Å²) in [6.07, 6.45) is 6.01. The number of nitrogens with one attached hydrogen (secondary N) is 1. The summed E-state index contributed by atoms with van der Waals surface area (Å²) in [4.78, 5) is 17.1. The third-order valence-corrected chi connectivity index (χ3v) is 5.38. The number of phenols is 1.